The molecule has 6 heteroatoms. The molecule has 138 valence electrons. The molecule has 0 aliphatic rings. The zero-order chi connectivity index (χ0) is 18.9. The second-order valence-corrected chi connectivity index (χ2v) is 5.73. The molecule has 0 aromatic heterocycles. The van der Waals surface area contributed by atoms with Crippen molar-refractivity contribution in [3.8, 4) is 11.5 Å². The Morgan fingerprint density at radius 1 is 1.04 bits per heavy atom. The highest BCUT2D eigenvalue weighted by Gasteiger charge is 2.22. The highest BCUT2D eigenvalue weighted by atomic mass is 16.5. The normalized spacial score (nSPS) is 12.7. The Labute approximate surface area is 152 Å². The van der Waals surface area contributed by atoms with Crippen LogP contribution in [0.15, 0.2) is 54.6 Å². The molecule has 0 fully saturated rings. The Morgan fingerprint density at radius 2 is 1.69 bits per heavy atom. The summed E-state index contributed by atoms with van der Waals surface area (Å²) in [7, 11) is 0. The molecule has 0 aliphatic carbocycles. The lowest BCUT2D eigenvalue weighted by Crippen LogP contribution is -2.39. The minimum Gasteiger partial charge on any atom is -0.494 e. The lowest BCUT2D eigenvalue weighted by molar-refractivity contribution is -0.138. The highest BCUT2D eigenvalue weighted by molar-refractivity contribution is 5.82. The molecule has 0 spiro atoms. The predicted molar refractivity (Wildman–Crippen MR) is 97.3 cm³/mol. The molecule has 0 heterocycles. The summed E-state index contributed by atoms with van der Waals surface area (Å²) in [5, 5.41) is 11.9. The molecule has 2 atom stereocenters. The van der Waals surface area contributed by atoms with Gasteiger partial charge in [0.05, 0.1) is 19.1 Å². The number of carboxylic acid groups (broad SMARTS) is 1. The maximum absolute atomic E-state index is 12.4. The fourth-order valence-corrected chi connectivity index (χ4v) is 2.44. The van der Waals surface area contributed by atoms with Crippen LogP contribution in [-0.2, 0) is 9.59 Å². The van der Waals surface area contributed by atoms with Crippen LogP contribution in [-0.4, -0.2) is 29.7 Å². The SMILES string of the molecule is CCOc1ccc([C@@H](CC(=O)O)NC(=O)[C@H](C)Oc2ccccc2)cc1. The van der Waals surface area contributed by atoms with Gasteiger partial charge >= 0.3 is 5.97 Å². The summed E-state index contributed by atoms with van der Waals surface area (Å²) in [5.74, 6) is -0.113. The van der Waals surface area contributed by atoms with E-state index in [1.807, 2.05) is 25.1 Å². The Balaban J connectivity index is 2.06. The van der Waals surface area contributed by atoms with Crippen LogP contribution >= 0.6 is 0 Å². The molecule has 2 N–H and O–H groups in total. The second kappa shape index (κ2) is 9.46. The van der Waals surface area contributed by atoms with Gasteiger partial charge in [-0.15, -0.1) is 0 Å². The number of benzene rings is 2. The van der Waals surface area contributed by atoms with Crippen molar-refractivity contribution in [2.45, 2.75) is 32.4 Å². The lowest BCUT2D eigenvalue weighted by Gasteiger charge is -2.21. The molecule has 0 aliphatic heterocycles. The van der Waals surface area contributed by atoms with Gasteiger partial charge in [0.2, 0.25) is 0 Å². The maximum Gasteiger partial charge on any atom is 0.305 e. The van der Waals surface area contributed by atoms with Crippen LogP contribution < -0.4 is 14.8 Å². The molecular weight excluding hydrogens is 334 g/mol. The minimum absolute atomic E-state index is 0.224. The van der Waals surface area contributed by atoms with Crippen LogP contribution in [0, 0.1) is 0 Å². The Bertz CT molecular complexity index is 715. The zero-order valence-electron chi connectivity index (χ0n) is 14.8. The Morgan fingerprint density at radius 3 is 2.27 bits per heavy atom. The highest BCUT2D eigenvalue weighted by Crippen LogP contribution is 2.21. The molecule has 0 radical (unpaired) electrons. The van der Waals surface area contributed by atoms with Crippen LogP contribution in [0.2, 0.25) is 0 Å². The number of hydrogen-bond donors (Lipinski definition) is 2. The van der Waals surface area contributed by atoms with E-state index in [0.717, 1.165) is 0 Å². The smallest absolute Gasteiger partial charge is 0.305 e. The minimum atomic E-state index is -0.999. The van der Waals surface area contributed by atoms with E-state index in [4.69, 9.17) is 14.6 Å². The van der Waals surface area contributed by atoms with E-state index in [9.17, 15) is 9.59 Å². The van der Waals surface area contributed by atoms with E-state index < -0.39 is 18.1 Å². The largest absolute Gasteiger partial charge is 0.494 e. The molecule has 2 rings (SSSR count). The molecule has 0 bridgehead atoms. The standard InChI is InChI=1S/C20H23NO5/c1-3-25-16-11-9-15(10-12-16)18(13-19(22)23)21-20(24)14(2)26-17-7-5-4-6-8-17/h4-12,14,18H,3,13H2,1-2H3,(H,21,24)(H,22,23)/t14-,18+/m0/s1. The van der Waals surface area contributed by atoms with E-state index >= 15 is 0 Å². The van der Waals surface area contributed by atoms with Crippen molar-refractivity contribution >= 4 is 11.9 Å². The summed E-state index contributed by atoms with van der Waals surface area (Å²) >= 11 is 0. The van der Waals surface area contributed by atoms with Crippen LogP contribution in [0.5, 0.6) is 11.5 Å². The van der Waals surface area contributed by atoms with E-state index in [2.05, 4.69) is 5.32 Å². The van der Waals surface area contributed by atoms with E-state index in [1.54, 1.807) is 43.3 Å². The quantitative estimate of drug-likeness (QED) is 0.720. The van der Waals surface area contributed by atoms with Crippen molar-refractivity contribution in [1.29, 1.82) is 0 Å². The number of carbonyl (C=O) groups excluding carboxylic acids is 1. The molecule has 2 aromatic rings. The third kappa shape index (κ3) is 5.81. The lowest BCUT2D eigenvalue weighted by atomic mass is 10.0. The summed E-state index contributed by atoms with van der Waals surface area (Å²) in [4.78, 5) is 23.6. The number of aliphatic carboxylic acids is 1. The average Bonchev–Trinajstić information content (AvgIpc) is 2.62. The first-order valence-electron chi connectivity index (χ1n) is 8.46. The molecular formula is C20H23NO5. The van der Waals surface area contributed by atoms with Gasteiger partial charge in [0, 0.05) is 0 Å². The summed E-state index contributed by atoms with van der Waals surface area (Å²) in [5.41, 5.74) is 0.691. The van der Waals surface area contributed by atoms with Gasteiger partial charge in [-0.3, -0.25) is 9.59 Å². The number of rotatable bonds is 9. The average molecular weight is 357 g/mol. The van der Waals surface area contributed by atoms with Gasteiger partial charge in [0.15, 0.2) is 6.10 Å². The van der Waals surface area contributed by atoms with Crippen LogP contribution in [0.1, 0.15) is 31.9 Å². The van der Waals surface area contributed by atoms with Gasteiger partial charge < -0.3 is 19.9 Å². The summed E-state index contributed by atoms with van der Waals surface area (Å²) in [6.07, 6.45) is -0.978. The molecule has 1 amide bonds. The van der Waals surface area contributed by atoms with E-state index in [0.29, 0.717) is 23.7 Å². The van der Waals surface area contributed by atoms with Crippen molar-refractivity contribution < 1.29 is 24.2 Å². The van der Waals surface area contributed by atoms with Crippen LogP contribution in [0.3, 0.4) is 0 Å². The number of carbonyl (C=O) groups is 2. The van der Waals surface area contributed by atoms with Crippen molar-refractivity contribution in [3.63, 3.8) is 0 Å². The van der Waals surface area contributed by atoms with Gasteiger partial charge in [-0.1, -0.05) is 30.3 Å². The first-order chi connectivity index (χ1) is 12.5. The van der Waals surface area contributed by atoms with Gasteiger partial charge in [0.1, 0.15) is 11.5 Å². The van der Waals surface area contributed by atoms with Crippen molar-refractivity contribution in [1.82, 2.24) is 5.32 Å². The Kier molecular flexibility index (Phi) is 7.02. The van der Waals surface area contributed by atoms with Crippen molar-refractivity contribution in [2.75, 3.05) is 6.61 Å². The summed E-state index contributed by atoms with van der Waals surface area (Å²) in [6.45, 7) is 4.05. The van der Waals surface area contributed by atoms with Crippen molar-refractivity contribution in [3.05, 3.63) is 60.2 Å². The van der Waals surface area contributed by atoms with Crippen molar-refractivity contribution in [2.24, 2.45) is 0 Å². The number of amides is 1. The molecule has 0 saturated heterocycles. The number of ether oxygens (including phenoxy) is 2. The number of nitrogens with one attached hydrogen (secondary N) is 1. The van der Waals surface area contributed by atoms with Gasteiger partial charge in [-0.05, 0) is 43.7 Å². The number of para-hydroxylation sites is 1. The third-order valence-electron chi connectivity index (χ3n) is 3.71. The number of carboxylic acids is 1. The Hall–Kier alpha value is -3.02. The van der Waals surface area contributed by atoms with Gasteiger partial charge in [-0.25, -0.2) is 0 Å². The summed E-state index contributed by atoms with van der Waals surface area (Å²) < 4.78 is 11.0. The first kappa shape index (κ1) is 19.3. The molecule has 0 saturated carbocycles. The second-order valence-electron chi connectivity index (χ2n) is 5.73. The molecule has 2 aromatic carbocycles. The van der Waals surface area contributed by atoms with Crippen LogP contribution in [0.4, 0.5) is 0 Å². The molecule has 6 nitrogen and oxygen atoms in total. The van der Waals surface area contributed by atoms with E-state index in [1.165, 1.54) is 0 Å². The topological polar surface area (TPSA) is 84.9 Å². The van der Waals surface area contributed by atoms with Gasteiger partial charge in [0.25, 0.3) is 5.91 Å². The predicted octanol–water partition coefficient (Wildman–Crippen LogP) is 3.18. The van der Waals surface area contributed by atoms with Crippen LogP contribution in [0.25, 0.3) is 0 Å². The van der Waals surface area contributed by atoms with Gasteiger partial charge in [-0.2, -0.15) is 0 Å². The van der Waals surface area contributed by atoms with E-state index in [-0.39, 0.29) is 12.3 Å². The molecule has 0 unspecified atom stereocenters. The fourth-order valence-electron chi connectivity index (χ4n) is 2.44. The monoisotopic (exact) mass is 357 g/mol. The number of hydrogen-bond acceptors (Lipinski definition) is 4. The fraction of sp³-hybridized carbons (Fsp3) is 0.300. The summed E-state index contributed by atoms with van der Waals surface area (Å²) in [6, 6.07) is 15.3. The first-order valence-corrected chi connectivity index (χ1v) is 8.46. The maximum atomic E-state index is 12.4. The zero-order valence-corrected chi connectivity index (χ0v) is 14.8. The third-order valence-corrected chi connectivity index (χ3v) is 3.71. The molecule has 26 heavy (non-hydrogen) atoms.